The van der Waals surface area contributed by atoms with Gasteiger partial charge in [-0.15, -0.1) is 0 Å². The number of hydrogen-bond acceptors (Lipinski definition) is 4. The minimum absolute atomic E-state index is 0.162. The molecule has 1 aromatic heterocycles. The third-order valence-electron chi connectivity index (χ3n) is 2.52. The summed E-state index contributed by atoms with van der Waals surface area (Å²) in [5.74, 6) is -0.162. The second-order valence-electron chi connectivity index (χ2n) is 3.65. The van der Waals surface area contributed by atoms with Gasteiger partial charge >= 0.3 is 4.87 Å². The molecule has 0 radical (unpaired) electrons. The van der Waals surface area contributed by atoms with Crippen LogP contribution in [0.15, 0.2) is 32.5 Å². The van der Waals surface area contributed by atoms with Crippen molar-refractivity contribution in [1.29, 1.82) is 0 Å². The summed E-state index contributed by atoms with van der Waals surface area (Å²) in [5, 5.41) is 11.3. The molecule has 1 aliphatic heterocycles. The van der Waals surface area contributed by atoms with Crippen molar-refractivity contribution in [3.05, 3.63) is 47.8 Å². The molecule has 0 amide bonds. The van der Waals surface area contributed by atoms with Crippen LogP contribution in [0.25, 0.3) is 5.57 Å². The van der Waals surface area contributed by atoms with Gasteiger partial charge in [0.05, 0.1) is 5.36 Å². The lowest BCUT2D eigenvalue weighted by molar-refractivity contribution is 0.455. The van der Waals surface area contributed by atoms with Crippen molar-refractivity contribution in [3.63, 3.8) is 0 Å². The van der Waals surface area contributed by atoms with E-state index in [9.17, 15) is 9.90 Å². The molecule has 0 unspecified atom stereocenters. The highest BCUT2D eigenvalue weighted by molar-refractivity contribution is 9.10. The zero-order chi connectivity index (χ0) is 12.9. The number of thiazole rings is 1. The molecule has 2 heterocycles. The van der Waals surface area contributed by atoms with Gasteiger partial charge < -0.3 is 5.11 Å². The van der Waals surface area contributed by atoms with Gasteiger partial charge in [-0.1, -0.05) is 39.5 Å². The molecule has 3 rings (SSSR count). The van der Waals surface area contributed by atoms with Crippen LogP contribution < -0.4 is 15.4 Å². The van der Waals surface area contributed by atoms with E-state index in [4.69, 9.17) is 12.2 Å². The van der Waals surface area contributed by atoms with Crippen LogP contribution in [0, 0.1) is 0 Å². The number of aromatic nitrogens is 1. The molecule has 0 saturated heterocycles. The minimum Gasteiger partial charge on any atom is -0.493 e. The topological polar surface area (TPSA) is 65.5 Å². The molecule has 0 atom stereocenters. The predicted molar refractivity (Wildman–Crippen MR) is 76.6 cm³/mol. The van der Waals surface area contributed by atoms with Crippen LogP contribution in [0.2, 0.25) is 0 Å². The van der Waals surface area contributed by atoms with E-state index in [1.807, 2.05) is 18.2 Å². The Morgan fingerprint density at radius 3 is 2.89 bits per heavy atom. The van der Waals surface area contributed by atoms with Gasteiger partial charge in [-0.2, -0.15) is 0 Å². The average molecular weight is 341 g/mol. The maximum absolute atomic E-state index is 11.3. The zero-order valence-electron chi connectivity index (χ0n) is 8.73. The van der Waals surface area contributed by atoms with Gasteiger partial charge in [0.15, 0.2) is 0 Å². The van der Waals surface area contributed by atoms with Crippen LogP contribution in [-0.2, 0) is 0 Å². The van der Waals surface area contributed by atoms with E-state index in [1.54, 1.807) is 0 Å². The van der Waals surface area contributed by atoms with Crippen molar-refractivity contribution in [2.24, 2.45) is 4.99 Å². The monoisotopic (exact) mass is 340 g/mol. The number of thiocarbonyl (C=S) groups is 1. The van der Waals surface area contributed by atoms with Crippen molar-refractivity contribution in [2.75, 3.05) is 0 Å². The molecule has 2 N–H and O–H groups in total. The largest absolute Gasteiger partial charge is 0.493 e. The average Bonchev–Trinajstić information content (AvgIpc) is 2.77. The summed E-state index contributed by atoms with van der Waals surface area (Å²) in [7, 11) is 0. The van der Waals surface area contributed by atoms with Crippen LogP contribution in [0.5, 0.6) is 5.88 Å². The molecule has 7 heteroatoms. The Bertz CT molecular complexity index is 851. The van der Waals surface area contributed by atoms with E-state index < -0.39 is 0 Å². The van der Waals surface area contributed by atoms with E-state index in [1.165, 1.54) is 0 Å². The smallest absolute Gasteiger partial charge is 0.307 e. The highest BCUT2D eigenvalue weighted by Crippen LogP contribution is 2.26. The minimum atomic E-state index is -0.318. The molecule has 1 aliphatic rings. The number of halogens is 1. The van der Waals surface area contributed by atoms with Crippen LogP contribution in [0.3, 0.4) is 0 Å². The maximum atomic E-state index is 11.3. The SMILES string of the molecule is O=c1[nH]c(O)c(C2=c3cc(Br)ccc3=NC2=S)s1. The Morgan fingerprint density at radius 1 is 1.44 bits per heavy atom. The molecule has 0 fully saturated rings. The highest BCUT2D eigenvalue weighted by atomic mass is 79.9. The molecule has 1 aromatic carbocycles. The van der Waals surface area contributed by atoms with Gasteiger partial charge in [-0.25, -0.2) is 4.99 Å². The van der Waals surface area contributed by atoms with Crippen molar-refractivity contribution >= 4 is 50.0 Å². The first-order valence-corrected chi connectivity index (χ1v) is 6.93. The number of H-pyrrole nitrogens is 1. The second-order valence-corrected chi connectivity index (χ2v) is 5.93. The Kier molecular flexibility index (Phi) is 2.69. The molecule has 0 aliphatic carbocycles. The molecule has 90 valence electrons. The lowest BCUT2D eigenvalue weighted by Crippen LogP contribution is -2.22. The van der Waals surface area contributed by atoms with Crippen LogP contribution in [0.4, 0.5) is 0 Å². The van der Waals surface area contributed by atoms with Crippen LogP contribution in [-0.4, -0.2) is 15.1 Å². The predicted octanol–water partition coefficient (Wildman–Crippen LogP) is 1.06. The number of nitrogens with one attached hydrogen (secondary N) is 1. The van der Waals surface area contributed by atoms with Crippen LogP contribution >= 0.6 is 39.5 Å². The van der Waals surface area contributed by atoms with Gasteiger partial charge in [0.1, 0.15) is 9.87 Å². The van der Waals surface area contributed by atoms with Crippen molar-refractivity contribution in [3.8, 4) is 5.88 Å². The lowest BCUT2D eigenvalue weighted by Gasteiger charge is -1.98. The van der Waals surface area contributed by atoms with Gasteiger partial charge in [0.25, 0.3) is 0 Å². The molecule has 2 aromatic rings. The van der Waals surface area contributed by atoms with Crippen molar-refractivity contribution in [1.82, 2.24) is 4.98 Å². The van der Waals surface area contributed by atoms with Gasteiger partial charge in [0.2, 0.25) is 5.88 Å². The van der Waals surface area contributed by atoms with Crippen molar-refractivity contribution in [2.45, 2.75) is 0 Å². The fourth-order valence-corrected chi connectivity index (χ4v) is 3.32. The number of aromatic hydroxyl groups is 1. The summed E-state index contributed by atoms with van der Waals surface area (Å²) < 4.78 is 0.890. The number of benzene rings is 1. The third kappa shape index (κ3) is 1.75. The number of hydrogen-bond donors (Lipinski definition) is 2. The zero-order valence-corrected chi connectivity index (χ0v) is 11.9. The normalized spacial score (nSPS) is 13.6. The van der Waals surface area contributed by atoms with Crippen molar-refractivity contribution < 1.29 is 5.11 Å². The highest BCUT2D eigenvalue weighted by Gasteiger charge is 2.20. The number of nitrogens with zero attached hydrogens (tertiary/aromatic N) is 1. The molecule has 0 spiro atoms. The Balaban J connectivity index is 2.45. The number of aromatic amines is 1. The molecule has 18 heavy (non-hydrogen) atoms. The van der Waals surface area contributed by atoms with E-state index >= 15 is 0 Å². The summed E-state index contributed by atoms with van der Waals surface area (Å²) in [6.45, 7) is 0. The fourth-order valence-electron chi connectivity index (χ4n) is 1.80. The van der Waals surface area contributed by atoms with E-state index in [0.717, 1.165) is 26.4 Å². The molecular formula is C11H5BrN2O2S2. The maximum Gasteiger partial charge on any atom is 0.307 e. The van der Waals surface area contributed by atoms with Crippen LogP contribution in [0.1, 0.15) is 4.88 Å². The first kappa shape index (κ1) is 11.8. The molecule has 0 saturated carbocycles. The summed E-state index contributed by atoms with van der Waals surface area (Å²) in [6, 6.07) is 5.58. The summed E-state index contributed by atoms with van der Waals surface area (Å²) >= 11 is 9.51. The van der Waals surface area contributed by atoms with Gasteiger partial charge in [-0.3, -0.25) is 9.78 Å². The number of fused-ring (bicyclic) bond motifs is 1. The van der Waals surface area contributed by atoms with E-state index in [0.29, 0.717) is 15.4 Å². The Morgan fingerprint density at radius 2 is 2.22 bits per heavy atom. The molecule has 0 bridgehead atoms. The van der Waals surface area contributed by atoms with Gasteiger partial charge in [-0.05, 0) is 18.2 Å². The summed E-state index contributed by atoms with van der Waals surface area (Å²) in [5.41, 5.74) is 0.627. The third-order valence-corrected chi connectivity index (χ3v) is 4.20. The summed E-state index contributed by atoms with van der Waals surface area (Å²) in [6.07, 6.45) is 0. The molecular weight excluding hydrogens is 336 g/mol. The number of rotatable bonds is 1. The second kappa shape index (κ2) is 4.11. The lowest BCUT2D eigenvalue weighted by atomic mass is 10.1. The first-order chi connectivity index (χ1) is 8.56. The quantitative estimate of drug-likeness (QED) is 0.763. The van der Waals surface area contributed by atoms with E-state index in [2.05, 4.69) is 25.9 Å². The Hall–Kier alpha value is -1.31. The standard InChI is InChI=1S/C11H5BrN2O2S2/c12-4-1-2-6-5(3-4)7(10(17)13-6)8-9(15)14-11(16)18-8/h1-3,15H,(H,14,16). The van der Waals surface area contributed by atoms with E-state index in [-0.39, 0.29) is 10.8 Å². The summed E-state index contributed by atoms with van der Waals surface area (Å²) in [4.78, 5) is 18.3. The fraction of sp³-hybridized carbons (Fsp3) is 0. The van der Waals surface area contributed by atoms with Gasteiger partial charge in [0, 0.05) is 15.3 Å². The molecule has 4 nitrogen and oxygen atoms in total. The first-order valence-electron chi connectivity index (χ1n) is 4.91. The Labute approximate surface area is 118 Å².